The van der Waals surface area contributed by atoms with Gasteiger partial charge in [0.2, 0.25) is 5.76 Å². The number of carboxylic acids is 1. The van der Waals surface area contributed by atoms with E-state index in [0.29, 0.717) is 33.1 Å². The molecule has 0 amide bonds. The van der Waals surface area contributed by atoms with Crippen molar-refractivity contribution < 1.29 is 24.1 Å². The number of aliphatic carboxylic acids is 1. The fourth-order valence-corrected chi connectivity index (χ4v) is 4.26. The van der Waals surface area contributed by atoms with E-state index in [1.807, 2.05) is 18.2 Å². The Labute approximate surface area is 178 Å². The molecule has 0 radical (unpaired) electrons. The van der Waals surface area contributed by atoms with Crippen LogP contribution in [0.5, 0.6) is 17.2 Å². The van der Waals surface area contributed by atoms with Crippen LogP contribution in [0.4, 0.5) is 0 Å². The summed E-state index contributed by atoms with van der Waals surface area (Å²) in [5.41, 5.74) is 1.15. The third-order valence-electron chi connectivity index (χ3n) is 4.38. The Morgan fingerprint density at radius 1 is 1.14 bits per heavy atom. The second-order valence-corrected chi connectivity index (χ2v) is 8.12. The first-order chi connectivity index (χ1) is 13.8. The average molecular weight is 433 g/mol. The number of carboxylic acid groups (broad SMARTS) is 1. The summed E-state index contributed by atoms with van der Waals surface area (Å²) in [6.45, 7) is 4.18. The molecule has 0 saturated carbocycles. The van der Waals surface area contributed by atoms with Crippen LogP contribution in [0, 0.1) is 0 Å². The zero-order valence-electron chi connectivity index (χ0n) is 16.5. The van der Waals surface area contributed by atoms with Gasteiger partial charge in [-0.2, -0.15) is 0 Å². The first-order valence-corrected chi connectivity index (χ1v) is 10.1. The van der Waals surface area contributed by atoms with Crippen molar-refractivity contribution in [3.8, 4) is 17.2 Å². The molecule has 2 aromatic carbocycles. The molecule has 0 atom stereocenters. The van der Waals surface area contributed by atoms with Crippen LogP contribution < -0.4 is 14.2 Å². The molecule has 0 fully saturated rings. The molecular weight excluding hydrogens is 412 g/mol. The van der Waals surface area contributed by atoms with Gasteiger partial charge in [-0.05, 0) is 29.7 Å². The number of carbonyl (C=O) groups is 1. The molecule has 0 saturated heterocycles. The predicted molar refractivity (Wildman–Crippen MR) is 117 cm³/mol. The average Bonchev–Trinajstić information content (AvgIpc) is 3.10. The van der Waals surface area contributed by atoms with Crippen LogP contribution >= 0.6 is 22.9 Å². The molecule has 0 aliphatic carbocycles. The van der Waals surface area contributed by atoms with E-state index in [1.54, 1.807) is 18.2 Å². The normalized spacial score (nSPS) is 11.7. The number of ether oxygens (including phenoxy) is 3. The number of thiophene rings is 1. The Balaban J connectivity index is 1.97. The molecule has 29 heavy (non-hydrogen) atoms. The second kappa shape index (κ2) is 8.76. The van der Waals surface area contributed by atoms with E-state index in [9.17, 15) is 9.90 Å². The lowest BCUT2D eigenvalue weighted by Gasteiger charge is -2.09. The van der Waals surface area contributed by atoms with Gasteiger partial charge in [0.25, 0.3) is 0 Å². The van der Waals surface area contributed by atoms with Crippen molar-refractivity contribution in [1.82, 2.24) is 0 Å². The summed E-state index contributed by atoms with van der Waals surface area (Å²) in [4.78, 5) is 12.4. The van der Waals surface area contributed by atoms with Crippen molar-refractivity contribution in [2.75, 3.05) is 14.2 Å². The number of hydrogen-bond acceptors (Lipinski definition) is 5. The van der Waals surface area contributed by atoms with Crippen LogP contribution in [0.1, 0.15) is 30.2 Å². The van der Waals surface area contributed by atoms with Gasteiger partial charge in [0.15, 0.2) is 11.5 Å². The van der Waals surface area contributed by atoms with Gasteiger partial charge in [-0.15, -0.1) is 11.3 Å². The van der Waals surface area contributed by atoms with Crippen LogP contribution in [0.3, 0.4) is 0 Å². The maximum Gasteiger partial charge on any atom is 0.371 e. The lowest BCUT2D eigenvalue weighted by Crippen LogP contribution is -2.07. The van der Waals surface area contributed by atoms with Gasteiger partial charge in [0.1, 0.15) is 5.75 Å². The van der Waals surface area contributed by atoms with E-state index in [0.717, 1.165) is 15.6 Å². The van der Waals surface area contributed by atoms with Crippen molar-refractivity contribution >= 4 is 45.1 Å². The largest absolute Gasteiger partial charge is 0.493 e. The van der Waals surface area contributed by atoms with Gasteiger partial charge >= 0.3 is 5.97 Å². The number of fused-ring (bicyclic) bond motifs is 1. The van der Waals surface area contributed by atoms with Crippen LogP contribution in [-0.2, 0) is 4.79 Å². The SMILES string of the molecule is COc1cc2sc(C=C(Oc3ccc(C(C)C)cc3)C(=O)O)cc2c(Cl)c1OC. The molecule has 1 aromatic heterocycles. The Bertz CT molecular complexity index is 1070. The molecule has 1 heterocycles. The highest BCUT2D eigenvalue weighted by atomic mass is 35.5. The molecule has 0 unspecified atom stereocenters. The molecule has 152 valence electrons. The molecule has 0 aliphatic rings. The maximum atomic E-state index is 11.7. The zero-order chi connectivity index (χ0) is 21.1. The summed E-state index contributed by atoms with van der Waals surface area (Å²) in [5, 5.41) is 10.8. The van der Waals surface area contributed by atoms with E-state index >= 15 is 0 Å². The minimum atomic E-state index is -1.16. The third-order valence-corrected chi connectivity index (χ3v) is 5.79. The van der Waals surface area contributed by atoms with Crippen molar-refractivity contribution in [2.24, 2.45) is 0 Å². The molecule has 0 aliphatic heterocycles. The van der Waals surface area contributed by atoms with Crippen molar-refractivity contribution in [1.29, 1.82) is 0 Å². The van der Waals surface area contributed by atoms with Gasteiger partial charge in [-0.3, -0.25) is 0 Å². The van der Waals surface area contributed by atoms with Crippen LogP contribution in [0.15, 0.2) is 42.2 Å². The molecule has 5 nitrogen and oxygen atoms in total. The summed E-state index contributed by atoms with van der Waals surface area (Å²) in [5.74, 6) is 0.471. The first-order valence-electron chi connectivity index (χ1n) is 8.90. The highest BCUT2D eigenvalue weighted by Gasteiger charge is 2.17. The van der Waals surface area contributed by atoms with Gasteiger partial charge in [0, 0.05) is 27.1 Å². The number of hydrogen-bond donors (Lipinski definition) is 1. The lowest BCUT2D eigenvalue weighted by molar-refractivity contribution is -0.134. The molecule has 0 spiro atoms. The molecule has 0 bridgehead atoms. The topological polar surface area (TPSA) is 65.0 Å². The molecule has 3 rings (SSSR count). The molecule has 7 heteroatoms. The fraction of sp³-hybridized carbons (Fsp3) is 0.227. The Morgan fingerprint density at radius 2 is 1.83 bits per heavy atom. The Kier molecular flexibility index (Phi) is 6.35. The number of benzene rings is 2. The molecular formula is C22H21ClO5S. The van der Waals surface area contributed by atoms with Crippen LogP contribution in [0.25, 0.3) is 16.2 Å². The molecule has 3 aromatic rings. The summed E-state index contributed by atoms with van der Waals surface area (Å²) in [6, 6.07) is 11.0. The van der Waals surface area contributed by atoms with Gasteiger partial charge in [-0.25, -0.2) is 4.79 Å². The minimum absolute atomic E-state index is 0.177. The smallest absolute Gasteiger partial charge is 0.371 e. The monoisotopic (exact) mass is 432 g/mol. The summed E-state index contributed by atoms with van der Waals surface area (Å²) >= 11 is 7.82. The Morgan fingerprint density at radius 3 is 2.38 bits per heavy atom. The predicted octanol–water partition coefficient (Wildman–Crippen LogP) is 6.20. The van der Waals surface area contributed by atoms with E-state index in [-0.39, 0.29) is 5.76 Å². The maximum absolute atomic E-state index is 11.7. The summed E-state index contributed by atoms with van der Waals surface area (Å²) in [7, 11) is 3.05. The van der Waals surface area contributed by atoms with E-state index in [1.165, 1.54) is 31.6 Å². The van der Waals surface area contributed by atoms with Crippen LogP contribution in [0.2, 0.25) is 5.02 Å². The van der Waals surface area contributed by atoms with E-state index < -0.39 is 5.97 Å². The zero-order valence-corrected chi connectivity index (χ0v) is 18.1. The molecule has 1 N–H and O–H groups in total. The van der Waals surface area contributed by atoms with Crippen molar-refractivity contribution in [3.05, 3.63) is 57.6 Å². The summed E-state index contributed by atoms with van der Waals surface area (Å²) < 4.78 is 17.1. The standard InChI is InChI=1S/C22H21ClO5S/c1-12(2)13-5-7-14(8-6-13)28-18(22(24)25)10-15-9-16-19(29-15)11-17(26-3)21(27-4)20(16)23/h5-12H,1-4H3,(H,24,25). The van der Waals surface area contributed by atoms with E-state index in [2.05, 4.69) is 13.8 Å². The number of methoxy groups -OCH3 is 2. The van der Waals surface area contributed by atoms with Gasteiger partial charge in [0.05, 0.1) is 19.2 Å². The summed E-state index contributed by atoms with van der Waals surface area (Å²) in [6.07, 6.45) is 1.48. The van der Waals surface area contributed by atoms with E-state index in [4.69, 9.17) is 25.8 Å². The highest BCUT2D eigenvalue weighted by Crippen LogP contribution is 2.44. The van der Waals surface area contributed by atoms with Crippen molar-refractivity contribution in [3.63, 3.8) is 0 Å². The highest BCUT2D eigenvalue weighted by molar-refractivity contribution is 7.20. The number of halogens is 1. The lowest BCUT2D eigenvalue weighted by atomic mass is 10.0. The van der Waals surface area contributed by atoms with Crippen molar-refractivity contribution in [2.45, 2.75) is 19.8 Å². The second-order valence-electron chi connectivity index (χ2n) is 6.63. The van der Waals surface area contributed by atoms with Crippen LogP contribution in [-0.4, -0.2) is 25.3 Å². The first kappa shape index (κ1) is 21.0. The number of rotatable bonds is 7. The quantitative estimate of drug-likeness (QED) is 0.355. The Hall–Kier alpha value is -2.70. The van der Waals surface area contributed by atoms with Gasteiger partial charge < -0.3 is 19.3 Å². The minimum Gasteiger partial charge on any atom is -0.493 e. The third kappa shape index (κ3) is 4.49. The van der Waals surface area contributed by atoms with Gasteiger partial charge in [-0.1, -0.05) is 37.6 Å². The fourth-order valence-electron chi connectivity index (χ4n) is 2.84.